The van der Waals surface area contributed by atoms with E-state index in [1.807, 2.05) is 25.1 Å². The Morgan fingerprint density at radius 3 is 2.67 bits per heavy atom. The van der Waals surface area contributed by atoms with Crippen molar-refractivity contribution in [2.45, 2.75) is 26.3 Å². The molecule has 3 N–H and O–H groups in total. The molecule has 0 heterocycles. The summed E-state index contributed by atoms with van der Waals surface area (Å²) >= 11 is 0. The molecule has 0 radical (unpaired) electrons. The molecule has 84 valence electrons. The third-order valence-electron chi connectivity index (χ3n) is 2.38. The van der Waals surface area contributed by atoms with Crippen molar-refractivity contribution in [1.82, 2.24) is 0 Å². The van der Waals surface area contributed by atoms with Crippen LogP contribution in [0.3, 0.4) is 0 Å². The second kappa shape index (κ2) is 5.73. The van der Waals surface area contributed by atoms with Crippen molar-refractivity contribution >= 4 is 0 Å². The molecule has 1 aromatic carbocycles. The van der Waals surface area contributed by atoms with E-state index < -0.39 is 0 Å². The summed E-state index contributed by atoms with van der Waals surface area (Å²) in [4.78, 5) is 0. The van der Waals surface area contributed by atoms with Gasteiger partial charge in [-0.1, -0.05) is 19.1 Å². The molecule has 1 atom stereocenters. The summed E-state index contributed by atoms with van der Waals surface area (Å²) in [5, 5.41) is 9.03. The summed E-state index contributed by atoms with van der Waals surface area (Å²) in [5.74, 6) is 0.790. The molecule has 0 aliphatic heterocycles. The van der Waals surface area contributed by atoms with Gasteiger partial charge in [0.2, 0.25) is 0 Å². The molecule has 0 aromatic heterocycles. The Morgan fingerprint density at radius 2 is 2.13 bits per heavy atom. The van der Waals surface area contributed by atoms with Crippen LogP contribution in [0.15, 0.2) is 18.2 Å². The Bertz CT molecular complexity index is 312. The summed E-state index contributed by atoms with van der Waals surface area (Å²) < 4.78 is 5.51. The van der Waals surface area contributed by atoms with Crippen LogP contribution >= 0.6 is 0 Å². The van der Waals surface area contributed by atoms with Gasteiger partial charge in [0.25, 0.3) is 0 Å². The van der Waals surface area contributed by atoms with Crippen molar-refractivity contribution in [3.05, 3.63) is 29.3 Å². The topological polar surface area (TPSA) is 55.5 Å². The number of benzene rings is 1. The van der Waals surface area contributed by atoms with E-state index in [2.05, 4.69) is 6.92 Å². The van der Waals surface area contributed by atoms with Crippen molar-refractivity contribution in [2.24, 2.45) is 5.73 Å². The Hall–Kier alpha value is -1.06. The molecule has 1 rings (SSSR count). The maximum atomic E-state index is 9.03. The molecule has 0 aliphatic carbocycles. The minimum Gasteiger partial charge on any atom is -0.494 e. The molecule has 0 spiro atoms. The van der Waals surface area contributed by atoms with Gasteiger partial charge in [-0.05, 0) is 25.0 Å². The van der Waals surface area contributed by atoms with Gasteiger partial charge in [0, 0.05) is 5.56 Å². The second-order valence-corrected chi connectivity index (χ2v) is 3.45. The minimum atomic E-state index is -0.363. The lowest BCUT2D eigenvalue weighted by Gasteiger charge is -2.15. The van der Waals surface area contributed by atoms with Crippen molar-refractivity contribution in [2.75, 3.05) is 13.2 Å². The third-order valence-corrected chi connectivity index (χ3v) is 2.38. The zero-order valence-corrected chi connectivity index (χ0v) is 9.36. The van der Waals surface area contributed by atoms with Crippen LogP contribution in [-0.4, -0.2) is 18.3 Å². The van der Waals surface area contributed by atoms with Gasteiger partial charge in [-0.25, -0.2) is 0 Å². The Balaban J connectivity index is 3.03. The number of ether oxygens (including phenoxy) is 1. The fourth-order valence-electron chi connectivity index (χ4n) is 1.48. The van der Waals surface area contributed by atoms with Crippen molar-refractivity contribution in [3.8, 4) is 5.75 Å². The van der Waals surface area contributed by atoms with Crippen molar-refractivity contribution in [3.63, 3.8) is 0 Å². The third kappa shape index (κ3) is 2.94. The number of rotatable bonds is 5. The van der Waals surface area contributed by atoms with Gasteiger partial charge in [-0.2, -0.15) is 0 Å². The number of aliphatic hydroxyl groups is 1. The number of hydrogen-bond acceptors (Lipinski definition) is 3. The second-order valence-electron chi connectivity index (χ2n) is 3.45. The smallest absolute Gasteiger partial charge is 0.124 e. The standard InChI is InChI=1S/C12H19NO2/c1-3-9-5-6-10(11(13)8-14)12(7-9)15-4-2/h5-7,11,14H,3-4,8,13H2,1-2H3. The van der Waals surface area contributed by atoms with Crippen LogP contribution in [0.25, 0.3) is 0 Å². The highest BCUT2D eigenvalue weighted by Gasteiger charge is 2.11. The predicted octanol–water partition coefficient (Wildman–Crippen LogP) is 1.64. The van der Waals surface area contributed by atoms with Gasteiger partial charge >= 0.3 is 0 Å². The van der Waals surface area contributed by atoms with Crippen LogP contribution in [0.4, 0.5) is 0 Å². The highest BCUT2D eigenvalue weighted by Crippen LogP contribution is 2.25. The van der Waals surface area contributed by atoms with Crippen molar-refractivity contribution < 1.29 is 9.84 Å². The first kappa shape index (κ1) is 12.0. The average Bonchev–Trinajstić information content (AvgIpc) is 2.28. The van der Waals surface area contributed by atoms with E-state index in [0.717, 1.165) is 17.7 Å². The van der Waals surface area contributed by atoms with Crippen molar-refractivity contribution in [1.29, 1.82) is 0 Å². The van der Waals surface area contributed by atoms with E-state index in [-0.39, 0.29) is 12.6 Å². The molecular weight excluding hydrogens is 190 g/mol. The molecule has 0 aliphatic rings. The molecule has 0 saturated carbocycles. The first-order valence-corrected chi connectivity index (χ1v) is 5.35. The Morgan fingerprint density at radius 1 is 1.40 bits per heavy atom. The number of aryl methyl sites for hydroxylation is 1. The van der Waals surface area contributed by atoms with Crippen LogP contribution in [0.2, 0.25) is 0 Å². The lowest BCUT2D eigenvalue weighted by atomic mass is 10.0. The molecule has 0 saturated heterocycles. The van der Waals surface area contributed by atoms with Crippen LogP contribution in [0, 0.1) is 0 Å². The normalized spacial score (nSPS) is 12.5. The largest absolute Gasteiger partial charge is 0.494 e. The summed E-state index contributed by atoms with van der Waals surface area (Å²) in [7, 11) is 0. The monoisotopic (exact) mass is 209 g/mol. The van der Waals surface area contributed by atoms with Gasteiger partial charge in [0.1, 0.15) is 5.75 Å². The predicted molar refractivity (Wildman–Crippen MR) is 61.0 cm³/mol. The van der Waals surface area contributed by atoms with E-state index in [0.29, 0.717) is 6.61 Å². The zero-order valence-electron chi connectivity index (χ0n) is 9.36. The lowest BCUT2D eigenvalue weighted by Crippen LogP contribution is -2.16. The first-order chi connectivity index (χ1) is 7.22. The molecule has 0 amide bonds. The van der Waals surface area contributed by atoms with E-state index in [9.17, 15) is 0 Å². The molecule has 1 unspecified atom stereocenters. The zero-order chi connectivity index (χ0) is 11.3. The van der Waals surface area contributed by atoms with Gasteiger partial charge in [0.15, 0.2) is 0 Å². The molecule has 3 nitrogen and oxygen atoms in total. The van der Waals surface area contributed by atoms with Gasteiger partial charge in [-0.15, -0.1) is 0 Å². The van der Waals surface area contributed by atoms with Crippen LogP contribution in [0.1, 0.15) is 31.0 Å². The molecular formula is C12H19NO2. The maximum absolute atomic E-state index is 9.03. The van der Waals surface area contributed by atoms with Crippen LogP contribution < -0.4 is 10.5 Å². The highest BCUT2D eigenvalue weighted by molar-refractivity contribution is 5.39. The summed E-state index contributed by atoms with van der Waals surface area (Å²) in [6.07, 6.45) is 0.967. The van der Waals surface area contributed by atoms with E-state index in [1.54, 1.807) is 0 Å². The summed E-state index contributed by atoms with van der Waals surface area (Å²) in [5.41, 5.74) is 7.87. The van der Waals surface area contributed by atoms with Gasteiger partial charge in [0.05, 0.1) is 19.3 Å². The number of aliphatic hydroxyl groups excluding tert-OH is 1. The fraction of sp³-hybridized carbons (Fsp3) is 0.500. The maximum Gasteiger partial charge on any atom is 0.124 e. The van der Waals surface area contributed by atoms with E-state index >= 15 is 0 Å². The lowest BCUT2D eigenvalue weighted by molar-refractivity contribution is 0.261. The number of nitrogens with two attached hydrogens (primary N) is 1. The van der Waals surface area contributed by atoms with Gasteiger partial charge < -0.3 is 15.6 Å². The quantitative estimate of drug-likeness (QED) is 0.775. The average molecular weight is 209 g/mol. The fourth-order valence-corrected chi connectivity index (χ4v) is 1.48. The van der Waals surface area contributed by atoms with E-state index in [4.69, 9.17) is 15.6 Å². The Kier molecular flexibility index (Phi) is 4.59. The van der Waals surface area contributed by atoms with Crippen LogP contribution in [0.5, 0.6) is 5.75 Å². The van der Waals surface area contributed by atoms with Gasteiger partial charge in [-0.3, -0.25) is 0 Å². The first-order valence-electron chi connectivity index (χ1n) is 5.35. The summed E-state index contributed by atoms with van der Waals surface area (Å²) in [6, 6.07) is 5.59. The SMILES string of the molecule is CCOc1cc(CC)ccc1C(N)CO. The summed E-state index contributed by atoms with van der Waals surface area (Å²) in [6.45, 7) is 4.58. The molecule has 15 heavy (non-hydrogen) atoms. The molecule has 1 aromatic rings. The molecule has 3 heteroatoms. The van der Waals surface area contributed by atoms with Crippen LogP contribution in [-0.2, 0) is 6.42 Å². The number of hydrogen-bond donors (Lipinski definition) is 2. The Labute approximate surface area is 90.9 Å². The minimum absolute atomic E-state index is 0.0639. The van der Waals surface area contributed by atoms with E-state index in [1.165, 1.54) is 5.56 Å². The molecule has 0 bridgehead atoms. The molecule has 0 fully saturated rings. The highest BCUT2D eigenvalue weighted by atomic mass is 16.5.